The van der Waals surface area contributed by atoms with Crippen molar-refractivity contribution in [2.45, 2.75) is 18.9 Å². The SMILES string of the molecule is COc1cc(C2C(C(=O)c3cccs3)=C(O)C(=O)N2CCN2CCCC2)c(OC)c2c1OCO2. The molecule has 0 aliphatic carbocycles. The molecule has 1 amide bonds. The number of carbonyl (C=O) groups is 2. The molecule has 1 aromatic carbocycles. The van der Waals surface area contributed by atoms with E-state index in [4.69, 9.17) is 18.9 Å². The van der Waals surface area contributed by atoms with E-state index in [1.807, 2.05) is 0 Å². The number of nitrogens with zero attached hydrogens (tertiary/aromatic N) is 2. The largest absolute Gasteiger partial charge is 0.503 e. The van der Waals surface area contributed by atoms with Crippen LogP contribution in [0, 0.1) is 0 Å². The molecule has 1 N–H and O–H groups in total. The minimum absolute atomic E-state index is 0.00412. The van der Waals surface area contributed by atoms with Gasteiger partial charge in [0.05, 0.1) is 30.7 Å². The van der Waals surface area contributed by atoms with Gasteiger partial charge in [-0.2, -0.15) is 0 Å². The van der Waals surface area contributed by atoms with Crippen molar-refractivity contribution >= 4 is 23.0 Å². The second kappa shape index (κ2) is 9.19. The maximum Gasteiger partial charge on any atom is 0.290 e. The molecular weight excluding hydrogens is 460 g/mol. The summed E-state index contributed by atoms with van der Waals surface area (Å²) in [6, 6.07) is 4.26. The number of aliphatic hydroxyl groups excluding tert-OH is 1. The Hall–Kier alpha value is -3.24. The van der Waals surface area contributed by atoms with Gasteiger partial charge in [-0.15, -0.1) is 11.3 Å². The first-order valence-corrected chi connectivity index (χ1v) is 12.0. The number of carbonyl (C=O) groups excluding carboxylic acids is 2. The Balaban J connectivity index is 1.63. The Morgan fingerprint density at radius 2 is 1.94 bits per heavy atom. The molecule has 180 valence electrons. The van der Waals surface area contributed by atoms with Gasteiger partial charge in [0.25, 0.3) is 5.91 Å². The first-order valence-electron chi connectivity index (χ1n) is 11.1. The zero-order valence-corrected chi connectivity index (χ0v) is 19.9. The van der Waals surface area contributed by atoms with E-state index in [1.165, 1.54) is 30.5 Å². The van der Waals surface area contributed by atoms with Crippen molar-refractivity contribution in [3.63, 3.8) is 0 Å². The minimum atomic E-state index is -0.872. The molecule has 2 aromatic rings. The lowest BCUT2D eigenvalue weighted by molar-refractivity contribution is -0.129. The number of amides is 1. The molecule has 9 nitrogen and oxygen atoms in total. The zero-order chi connectivity index (χ0) is 23.8. The summed E-state index contributed by atoms with van der Waals surface area (Å²) < 4.78 is 22.4. The summed E-state index contributed by atoms with van der Waals surface area (Å²) in [6.45, 7) is 2.91. The molecule has 0 bridgehead atoms. The molecule has 0 saturated carbocycles. The Labute approximate surface area is 201 Å². The molecule has 3 aliphatic rings. The molecule has 1 atom stereocenters. The van der Waals surface area contributed by atoms with E-state index in [0.29, 0.717) is 46.5 Å². The Morgan fingerprint density at radius 1 is 1.18 bits per heavy atom. The Kier molecular flexibility index (Phi) is 6.09. The van der Waals surface area contributed by atoms with Crippen LogP contribution in [0.1, 0.15) is 34.1 Å². The van der Waals surface area contributed by atoms with Crippen LogP contribution >= 0.6 is 11.3 Å². The van der Waals surface area contributed by atoms with Crippen molar-refractivity contribution in [2.75, 3.05) is 47.2 Å². The smallest absolute Gasteiger partial charge is 0.290 e. The summed E-state index contributed by atoms with van der Waals surface area (Å²) in [5.41, 5.74) is 0.510. The van der Waals surface area contributed by atoms with Gasteiger partial charge in [-0.1, -0.05) is 6.07 Å². The van der Waals surface area contributed by atoms with E-state index in [9.17, 15) is 14.7 Å². The number of likely N-dealkylation sites (tertiary alicyclic amines) is 1. The number of Topliss-reactive ketones (excluding diaryl/α,β-unsaturated/α-hetero) is 1. The number of rotatable bonds is 8. The molecular formula is C24H26N2O7S. The normalized spacial score (nSPS) is 19.9. The number of ketones is 1. The highest BCUT2D eigenvalue weighted by atomic mass is 32.1. The van der Waals surface area contributed by atoms with Crippen LogP contribution in [0.3, 0.4) is 0 Å². The quantitative estimate of drug-likeness (QED) is 0.569. The van der Waals surface area contributed by atoms with Crippen LogP contribution in [0.15, 0.2) is 34.9 Å². The standard InChI is InChI=1S/C24H26N2O7S/c1-30-15-12-14(21(31-2)23-22(15)32-13-33-23)18-17(19(27)16-6-5-11-34-16)20(28)24(29)26(18)10-9-25-7-3-4-8-25/h5-6,11-12,18,28H,3-4,7-10,13H2,1-2H3. The average molecular weight is 487 g/mol. The van der Waals surface area contributed by atoms with E-state index in [2.05, 4.69) is 4.90 Å². The summed E-state index contributed by atoms with van der Waals surface area (Å²) in [6.07, 6.45) is 2.24. The van der Waals surface area contributed by atoms with Gasteiger partial charge in [0.15, 0.2) is 17.3 Å². The zero-order valence-electron chi connectivity index (χ0n) is 19.0. The van der Waals surface area contributed by atoms with E-state index in [-0.39, 0.29) is 12.4 Å². The van der Waals surface area contributed by atoms with Crippen LogP contribution in [-0.2, 0) is 4.79 Å². The number of thiophene rings is 1. The molecule has 1 fully saturated rings. The predicted molar refractivity (Wildman–Crippen MR) is 124 cm³/mol. The lowest BCUT2D eigenvalue weighted by Crippen LogP contribution is -2.38. The van der Waals surface area contributed by atoms with E-state index in [0.717, 1.165) is 25.9 Å². The molecule has 1 aromatic heterocycles. The number of benzene rings is 1. The molecule has 5 rings (SSSR count). The van der Waals surface area contributed by atoms with Crippen molar-refractivity contribution in [3.8, 4) is 23.0 Å². The van der Waals surface area contributed by atoms with Crippen LogP contribution in [0.2, 0.25) is 0 Å². The van der Waals surface area contributed by atoms with Crippen molar-refractivity contribution < 1.29 is 33.6 Å². The van der Waals surface area contributed by atoms with Gasteiger partial charge >= 0.3 is 0 Å². The van der Waals surface area contributed by atoms with E-state index < -0.39 is 23.5 Å². The highest BCUT2D eigenvalue weighted by molar-refractivity contribution is 7.12. The first kappa shape index (κ1) is 22.5. The van der Waals surface area contributed by atoms with Gasteiger partial charge in [0, 0.05) is 18.7 Å². The number of methoxy groups -OCH3 is 2. The number of aliphatic hydroxyl groups is 1. The molecule has 34 heavy (non-hydrogen) atoms. The van der Waals surface area contributed by atoms with E-state index >= 15 is 0 Å². The maximum atomic E-state index is 13.5. The third-order valence-electron chi connectivity index (χ3n) is 6.46. The minimum Gasteiger partial charge on any atom is -0.503 e. The van der Waals surface area contributed by atoms with Crippen LogP contribution < -0.4 is 18.9 Å². The van der Waals surface area contributed by atoms with Gasteiger partial charge in [0.2, 0.25) is 24.1 Å². The first-order chi connectivity index (χ1) is 16.5. The van der Waals surface area contributed by atoms with Gasteiger partial charge in [-0.3, -0.25) is 9.59 Å². The monoisotopic (exact) mass is 486 g/mol. The van der Waals surface area contributed by atoms with Gasteiger partial charge < -0.3 is 33.9 Å². The fraction of sp³-hybridized carbons (Fsp3) is 0.417. The van der Waals surface area contributed by atoms with Crippen LogP contribution in [0.25, 0.3) is 0 Å². The van der Waals surface area contributed by atoms with Crippen molar-refractivity contribution in [1.82, 2.24) is 9.80 Å². The second-order valence-electron chi connectivity index (χ2n) is 8.28. The van der Waals surface area contributed by atoms with Crippen molar-refractivity contribution in [3.05, 3.63) is 45.4 Å². The molecule has 0 radical (unpaired) electrons. The number of fused-ring (bicyclic) bond motifs is 1. The maximum absolute atomic E-state index is 13.5. The summed E-state index contributed by atoms with van der Waals surface area (Å²) in [5, 5.41) is 12.7. The van der Waals surface area contributed by atoms with E-state index in [1.54, 1.807) is 23.6 Å². The third-order valence-corrected chi connectivity index (χ3v) is 7.33. The fourth-order valence-corrected chi connectivity index (χ4v) is 5.51. The fourth-order valence-electron chi connectivity index (χ4n) is 4.83. The summed E-state index contributed by atoms with van der Waals surface area (Å²) in [5.74, 6) is -0.0407. The number of hydrogen-bond acceptors (Lipinski definition) is 9. The molecule has 1 unspecified atom stereocenters. The van der Waals surface area contributed by atoms with Crippen molar-refractivity contribution in [2.24, 2.45) is 0 Å². The lowest BCUT2D eigenvalue weighted by atomic mass is 9.93. The number of ether oxygens (including phenoxy) is 4. The van der Waals surface area contributed by atoms with Crippen LogP contribution in [-0.4, -0.2) is 73.8 Å². The van der Waals surface area contributed by atoms with Crippen LogP contribution in [0.4, 0.5) is 0 Å². The predicted octanol–water partition coefficient (Wildman–Crippen LogP) is 3.17. The van der Waals surface area contributed by atoms with Gasteiger partial charge in [-0.25, -0.2) is 0 Å². The molecule has 10 heteroatoms. The Morgan fingerprint density at radius 3 is 2.62 bits per heavy atom. The second-order valence-corrected chi connectivity index (χ2v) is 9.23. The van der Waals surface area contributed by atoms with Gasteiger partial charge in [-0.05, 0) is 43.4 Å². The molecule has 1 saturated heterocycles. The summed E-state index contributed by atoms with van der Waals surface area (Å²) in [7, 11) is 2.99. The molecule has 3 aliphatic heterocycles. The van der Waals surface area contributed by atoms with Gasteiger partial charge in [0.1, 0.15) is 0 Å². The highest BCUT2D eigenvalue weighted by Gasteiger charge is 2.46. The Bertz CT molecular complexity index is 1140. The lowest BCUT2D eigenvalue weighted by Gasteiger charge is -2.30. The third kappa shape index (κ3) is 3.67. The molecule has 0 spiro atoms. The average Bonchev–Trinajstić information content (AvgIpc) is 3.65. The topological polar surface area (TPSA) is 97.8 Å². The summed E-state index contributed by atoms with van der Waals surface area (Å²) in [4.78, 5) is 31.1. The van der Waals surface area contributed by atoms with Crippen LogP contribution in [0.5, 0.6) is 23.0 Å². The van der Waals surface area contributed by atoms with Crippen molar-refractivity contribution in [1.29, 1.82) is 0 Å². The highest BCUT2D eigenvalue weighted by Crippen LogP contribution is 2.54. The summed E-state index contributed by atoms with van der Waals surface area (Å²) >= 11 is 1.26. The molecule has 4 heterocycles. The number of hydrogen-bond donors (Lipinski definition) is 1.